The van der Waals surface area contributed by atoms with Crippen LogP contribution in [0.4, 0.5) is 5.00 Å². The van der Waals surface area contributed by atoms with E-state index in [9.17, 15) is 9.59 Å². The SMILES string of the molecule is COC(=O)c1c(NC(=O)CSc2nnc(-c3ccc(OCC(C)C)cc3)n2C)sc(C)c1-c1ccccc1. The fourth-order valence-corrected chi connectivity index (χ4v) is 5.62. The second-order valence-corrected chi connectivity index (χ2v) is 11.2. The van der Waals surface area contributed by atoms with Crippen molar-refractivity contribution >= 4 is 40.0 Å². The molecule has 4 rings (SSSR count). The Morgan fingerprint density at radius 3 is 2.42 bits per heavy atom. The minimum Gasteiger partial charge on any atom is -0.493 e. The van der Waals surface area contributed by atoms with Gasteiger partial charge in [-0.1, -0.05) is 55.9 Å². The van der Waals surface area contributed by atoms with E-state index in [2.05, 4.69) is 29.4 Å². The van der Waals surface area contributed by atoms with Crippen LogP contribution in [0, 0.1) is 12.8 Å². The molecule has 0 aliphatic heterocycles. The fraction of sp³-hybridized carbons (Fsp3) is 0.286. The van der Waals surface area contributed by atoms with Crippen LogP contribution in [0.2, 0.25) is 0 Å². The second kappa shape index (κ2) is 12.3. The Bertz CT molecular complexity index is 1410. The third-order valence-electron chi connectivity index (χ3n) is 5.65. The Balaban J connectivity index is 1.45. The average molecular weight is 551 g/mol. The summed E-state index contributed by atoms with van der Waals surface area (Å²) in [7, 11) is 3.20. The maximum atomic E-state index is 12.9. The fourth-order valence-electron chi connectivity index (χ4n) is 3.83. The summed E-state index contributed by atoms with van der Waals surface area (Å²) in [5, 5.41) is 12.5. The number of hydrogen-bond donors (Lipinski definition) is 1. The normalized spacial score (nSPS) is 11.0. The predicted octanol–water partition coefficient (Wildman–Crippen LogP) is 6.07. The molecule has 0 spiro atoms. The van der Waals surface area contributed by atoms with Crippen molar-refractivity contribution in [2.75, 3.05) is 24.8 Å². The van der Waals surface area contributed by atoms with Crippen molar-refractivity contribution in [1.29, 1.82) is 0 Å². The van der Waals surface area contributed by atoms with Crippen LogP contribution in [-0.2, 0) is 16.6 Å². The van der Waals surface area contributed by atoms with Gasteiger partial charge in [0.2, 0.25) is 5.91 Å². The zero-order chi connectivity index (χ0) is 27.2. The Morgan fingerprint density at radius 2 is 1.76 bits per heavy atom. The molecule has 0 aliphatic rings. The summed E-state index contributed by atoms with van der Waals surface area (Å²) in [6.45, 7) is 6.80. The Labute approximate surface area is 230 Å². The van der Waals surface area contributed by atoms with Gasteiger partial charge in [-0.15, -0.1) is 21.5 Å². The minimum atomic E-state index is -0.491. The molecule has 0 atom stereocenters. The van der Waals surface area contributed by atoms with Crippen LogP contribution in [0.15, 0.2) is 59.8 Å². The van der Waals surface area contributed by atoms with Gasteiger partial charge in [0.1, 0.15) is 16.3 Å². The number of anilines is 1. The number of carbonyl (C=O) groups excluding carboxylic acids is 2. The molecule has 2 aromatic carbocycles. The van der Waals surface area contributed by atoms with E-state index in [1.165, 1.54) is 30.2 Å². The van der Waals surface area contributed by atoms with Crippen molar-refractivity contribution < 1.29 is 19.1 Å². The zero-order valence-corrected chi connectivity index (χ0v) is 23.6. The highest BCUT2D eigenvalue weighted by atomic mass is 32.2. The minimum absolute atomic E-state index is 0.103. The van der Waals surface area contributed by atoms with Crippen molar-refractivity contribution in [3.8, 4) is 28.3 Å². The monoisotopic (exact) mass is 550 g/mol. The summed E-state index contributed by atoms with van der Waals surface area (Å²) in [6, 6.07) is 17.3. The number of benzene rings is 2. The number of esters is 1. The molecule has 0 saturated carbocycles. The van der Waals surface area contributed by atoms with E-state index in [1.54, 1.807) is 0 Å². The number of aryl methyl sites for hydroxylation is 1. The molecule has 1 N–H and O–H groups in total. The zero-order valence-electron chi connectivity index (χ0n) is 22.0. The van der Waals surface area contributed by atoms with Gasteiger partial charge >= 0.3 is 5.97 Å². The van der Waals surface area contributed by atoms with E-state index in [1.807, 2.05) is 73.1 Å². The van der Waals surface area contributed by atoms with Crippen molar-refractivity contribution in [3.63, 3.8) is 0 Å². The largest absolute Gasteiger partial charge is 0.493 e. The lowest BCUT2D eigenvalue weighted by atomic mass is 10.0. The lowest BCUT2D eigenvalue weighted by Gasteiger charge is -2.09. The molecule has 198 valence electrons. The maximum absolute atomic E-state index is 12.9. The van der Waals surface area contributed by atoms with Gasteiger partial charge in [-0.05, 0) is 42.7 Å². The molecule has 0 radical (unpaired) electrons. The van der Waals surface area contributed by atoms with Crippen LogP contribution in [-0.4, -0.2) is 46.1 Å². The molecule has 2 aromatic heterocycles. The highest BCUT2D eigenvalue weighted by Crippen LogP contribution is 2.40. The number of nitrogens with one attached hydrogen (secondary N) is 1. The number of thiophene rings is 1. The number of amides is 1. The molecule has 0 fully saturated rings. The van der Waals surface area contributed by atoms with Gasteiger partial charge < -0.3 is 19.4 Å². The molecular weight excluding hydrogens is 520 g/mol. The molecule has 1 amide bonds. The van der Waals surface area contributed by atoms with E-state index in [0.717, 1.165) is 27.3 Å². The number of aromatic nitrogens is 3. The quantitative estimate of drug-likeness (QED) is 0.189. The van der Waals surface area contributed by atoms with E-state index >= 15 is 0 Å². The van der Waals surface area contributed by atoms with Gasteiger partial charge in [-0.25, -0.2) is 4.79 Å². The van der Waals surface area contributed by atoms with Crippen LogP contribution in [0.1, 0.15) is 29.1 Å². The van der Waals surface area contributed by atoms with Crippen molar-refractivity contribution in [2.45, 2.75) is 25.9 Å². The number of carbonyl (C=O) groups is 2. The first kappa shape index (κ1) is 27.4. The number of hydrogen-bond acceptors (Lipinski definition) is 8. The molecule has 2 heterocycles. The van der Waals surface area contributed by atoms with Crippen LogP contribution in [0.5, 0.6) is 5.75 Å². The first-order valence-corrected chi connectivity index (χ1v) is 13.9. The van der Waals surface area contributed by atoms with Gasteiger partial charge in [0.25, 0.3) is 0 Å². The number of thioether (sulfide) groups is 1. The highest BCUT2D eigenvalue weighted by molar-refractivity contribution is 7.99. The molecule has 4 aromatic rings. The molecule has 0 bridgehead atoms. The van der Waals surface area contributed by atoms with Crippen molar-refractivity contribution in [2.24, 2.45) is 13.0 Å². The molecular formula is C28H30N4O4S2. The van der Waals surface area contributed by atoms with E-state index < -0.39 is 5.97 Å². The predicted molar refractivity (Wildman–Crippen MR) is 152 cm³/mol. The molecule has 0 unspecified atom stereocenters. The van der Waals surface area contributed by atoms with Crippen LogP contribution in [0.3, 0.4) is 0 Å². The van der Waals surface area contributed by atoms with Crippen LogP contribution in [0.25, 0.3) is 22.5 Å². The van der Waals surface area contributed by atoms with E-state index in [-0.39, 0.29) is 11.7 Å². The van der Waals surface area contributed by atoms with Crippen LogP contribution < -0.4 is 10.1 Å². The number of rotatable bonds is 10. The standard InChI is InChI=1S/C28H30N4O4S2/c1-17(2)15-36-21-13-11-20(12-14-21)25-30-31-28(32(25)4)37-16-22(33)29-26-24(27(34)35-5)23(18(3)38-26)19-9-7-6-8-10-19/h6-14,17H,15-16H2,1-5H3,(H,29,33). The molecule has 38 heavy (non-hydrogen) atoms. The van der Waals surface area contributed by atoms with Gasteiger partial charge in [-0.2, -0.15) is 0 Å². The summed E-state index contributed by atoms with van der Waals surface area (Å²) in [5.41, 5.74) is 2.92. The van der Waals surface area contributed by atoms with Crippen molar-refractivity contribution in [1.82, 2.24) is 14.8 Å². The van der Waals surface area contributed by atoms with Gasteiger partial charge in [-0.3, -0.25) is 4.79 Å². The smallest absolute Gasteiger partial charge is 0.341 e. The van der Waals surface area contributed by atoms with Crippen molar-refractivity contribution in [3.05, 3.63) is 65.0 Å². The summed E-state index contributed by atoms with van der Waals surface area (Å²) >= 11 is 2.63. The second-order valence-electron chi connectivity index (χ2n) is 9.03. The maximum Gasteiger partial charge on any atom is 0.341 e. The summed E-state index contributed by atoms with van der Waals surface area (Å²) < 4.78 is 12.6. The topological polar surface area (TPSA) is 95.3 Å². The van der Waals surface area contributed by atoms with Gasteiger partial charge in [0, 0.05) is 23.1 Å². The first-order chi connectivity index (χ1) is 18.3. The highest BCUT2D eigenvalue weighted by Gasteiger charge is 2.25. The molecule has 0 saturated heterocycles. The Hall–Kier alpha value is -3.63. The summed E-state index contributed by atoms with van der Waals surface area (Å²) in [4.78, 5) is 26.5. The Kier molecular flexibility index (Phi) is 8.85. The summed E-state index contributed by atoms with van der Waals surface area (Å²) in [6.07, 6.45) is 0. The van der Waals surface area contributed by atoms with Crippen LogP contribution >= 0.6 is 23.1 Å². The average Bonchev–Trinajstić information content (AvgIpc) is 3.45. The molecule has 10 heteroatoms. The first-order valence-electron chi connectivity index (χ1n) is 12.1. The third kappa shape index (κ3) is 6.25. The lowest BCUT2D eigenvalue weighted by molar-refractivity contribution is -0.113. The van der Waals surface area contributed by atoms with Gasteiger partial charge in [0.05, 0.1) is 19.5 Å². The molecule has 8 nitrogen and oxygen atoms in total. The Morgan fingerprint density at radius 1 is 1.05 bits per heavy atom. The van der Waals surface area contributed by atoms with Gasteiger partial charge in [0.15, 0.2) is 11.0 Å². The van der Waals surface area contributed by atoms with E-state index in [4.69, 9.17) is 9.47 Å². The summed E-state index contributed by atoms with van der Waals surface area (Å²) in [5.74, 6) is 1.31. The number of methoxy groups -OCH3 is 1. The third-order valence-corrected chi connectivity index (χ3v) is 7.69. The van der Waals surface area contributed by atoms with E-state index in [0.29, 0.717) is 34.1 Å². The lowest BCUT2D eigenvalue weighted by Crippen LogP contribution is -2.16. The number of nitrogens with zero attached hydrogens (tertiary/aromatic N) is 3. The number of ether oxygens (including phenoxy) is 2. The molecule has 0 aliphatic carbocycles.